The summed E-state index contributed by atoms with van der Waals surface area (Å²) in [6.45, 7) is 7.06. The zero-order valence-electron chi connectivity index (χ0n) is 19.8. The summed E-state index contributed by atoms with van der Waals surface area (Å²) in [4.78, 5) is 25.7. The van der Waals surface area contributed by atoms with E-state index in [1.165, 1.54) is 5.56 Å². The van der Waals surface area contributed by atoms with Gasteiger partial charge in [-0.05, 0) is 64.7 Å². The minimum Gasteiger partial charge on any atom is -0.489 e. The van der Waals surface area contributed by atoms with Gasteiger partial charge in [-0.25, -0.2) is 0 Å². The number of nitrogens with one attached hydrogen (secondary N) is 1. The summed E-state index contributed by atoms with van der Waals surface area (Å²) in [5.74, 6) is -0.00858. The quantitative estimate of drug-likeness (QED) is 0.326. The molecule has 0 radical (unpaired) electrons. The number of ether oxygens (including phenoxy) is 1. The number of carbonyl (C=O) groups excluding carboxylic acids is 2. The topological polar surface area (TPSA) is 58.6 Å². The molecule has 1 N–H and O–H groups in total. The number of hydrazine groups is 1. The van der Waals surface area contributed by atoms with Crippen LogP contribution in [0.1, 0.15) is 47.8 Å². The first kappa shape index (κ1) is 24.7. The van der Waals surface area contributed by atoms with Gasteiger partial charge < -0.3 is 4.74 Å². The van der Waals surface area contributed by atoms with E-state index in [1.54, 1.807) is 30.3 Å². The molecule has 0 atom stereocenters. The highest BCUT2D eigenvalue weighted by atomic mass is 32.2. The number of thioether (sulfide) groups is 1. The van der Waals surface area contributed by atoms with Gasteiger partial charge in [0.2, 0.25) is 0 Å². The van der Waals surface area contributed by atoms with Crippen molar-refractivity contribution in [2.75, 3.05) is 0 Å². The largest absolute Gasteiger partial charge is 0.489 e. The Hall–Kier alpha value is -3.42. The molecule has 1 heterocycles. The van der Waals surface area contributed by atoms with Gasteiger partial charge in [0.15, 0.2) is 4.32 Å². The second kappa shape index (κ2) is 10.5. The van der Waals surface area contributed by atoms with Gasteiger partial charge in [0.1, 0.15) is 12.4 Å². The van der Waals surface area contributed by atoms with E-state index in [1.807, 2.05) is 30.3 Å². The monoisotopic (exact) mass is 502 g/mol. The Labute approximate surface area is 215 Å². The van der Waals surface area contributed by atoms with Crippen molar-refractivity contribution >= 4 is 46.2 Å². The second-order valence-electron chi connectivity index (χ2n) is 9.13. The third-order valence-electron chi connectivity index (χ3n) is 5.45. The molecule has 1 saturated heterocycles. The number of hydrogen-bond donors (Lipinski definition) is 1. The average molecular weight is 503 g/mol. The first-order chi connectivity index (χ1) is 16.7. The maximum Gasteiger partial charge on any atom is 0.285 e. The maximum absolute atomic E-state index is 12.8. The van der Waals surface area contributed by atoms with E-state index in [2.05, 4.69) is 50.5 Å². The fraction of sp³-hybridized carbons (Fsp3) is 0.179. The maximum atomic E-state index is 12.8. The van der Waals surface area contributed by atoms with Crippen molar-refractivity contribution in [1.82, 2.24) is 10.4 Å². The van der Waals surface area contributed by atoms with Crippen molar-refractivity contribution in [2.24, 2.45) is 0 Å². The van der Waals surface area contributed by atoms with Gasteiger partial charge in [0, 0.05) is 5.56 Å². The van der Waals surface area contributed by atoms with Crippen molar-refractivity contribution < 1.29 is 14.3 Å². The van der Waals surface area contributed by atoms with Crippen LogP contribution in [0.25, 0.3) is 6.08 Å². The van der Waals surface area contributed by atoms with Gasteiger partial charge in [0.05, 0.1) is 4.91 Å². The molecule has 0 saturated carbocycles. The molecule has 3 aromatic rings. The molecule has 5 nitrogen and oxygen atoms in total. The van der Waals surface area contributed by atoms with Crippen molar-refractivity contribution in [2.45, 2.75) is 32.8 Å². The molecule has 2 amide bonds. The Morgan fingerprint density at radius 3 is 2.29 bits per heavy atom. The molecule has 0 aliphatic carbocycles. The van der Waals surface area contributed by atoms with Gasteiger partial charge in [-0.3, -0.25) is 15.0 Å². The Kier molecular flexibility index (Phi) is 7.38. The predicted molar refractivity (Wildman–Crippen MR) is 145 cm³/mol. The predicted octanol–water partition coefficient (Wildman–Crippen LogP) is 6.11. The Morgan fingerprint density at radius 1 is 1.00 bits per heavy atom. The summed E-state index contributed by atoms with van der Waals surface area (Å²) in [5, 5.41) is 1.11. The summed E-state index contributed by atoms with van der Waals surface area (Å²) >= 11 is 6.45. The van der Waals surface area contributed by atoms with Crippen LogP contribution in [0.2, 0.25) is 0 Å². The lowest BCUT2D eigenvalue weighted by Crippen LogP contribution is -2.44. The Morgan fingerprint density at radius 2 is 1.66 bits per heavy atom. The lowest BCUT2D eigenvalue weighted by molar-refractivity contribution is -0.123. The number of hydrogen-bond acceptors (Lipinski definition) is 5. The summed E-state index contributed by atoms with van der Waals surface area (Å²) in [7, 11) is 0. The smallest absolute Gasteiger partial charge is 0.285 e. The molecule has 0 bridgehead atoms. The van der Waals surface area contributed by atoms with Crippen LogP contribution in [0.3, 0.4) is 0 Å². The molecule has 1 aliphatic heterocycles. The van der Waals surface area contributed by atoms with Crippen LogP contribution in [0.15, 0.2) is 83.8 Å². The number of amides is 2. The molecule has 0 unspecified atom stereocenters. The number of benzene rings is 3. The fourth-order valence-corrected chi connectivity index (χ4v) is 4.58. The number of thiocarbonyl (C=S) groups is 1. The van der Waals surface area contributed by atoms with E-state index >= 15 is 0 Å². The highest BCUT2D eigenvalue weighted by molar-refractivity contribution is 8.26. The molecule has 178 valence electrons. The lowest BCUT2D eigenvalue weighted by atomic mass is 9.87. The number of rotatable bonds is 6. The van der Waals surface area contributed by atoms with Gasteiger partial charge in [0.25, 0.3) is 11.8 Å². The summed E-state index contributed by atoms with van der Waals surface area (Å²) in [6, 6.07) is 24.6. The molecular weight excluding hydrogens is 476 g/mol. The minimum atomic E-state index is -0.391. The van der Waals surface area contributed by atoms with Crippen molar-refractivity contribution in [3.8, 4) is 5.75 Å². The van der Waals surface area contributed by atoms with Crippen LogP contribution in [-0.4, -0.2) is 21.1 Å². The van der Waals surface area contributed by atoms with E-state index in [4.69, 9.17) is 17.0 Å². The van der Waals surface area contributed by atoms with Crippen LogP contribution >= 0.6 is 24.0 Å². The normalized spacial score (nSPS) is 14.9. The van der Waals surface area contributed by atoms with Crippen molar-refractivity contribution in [3.63, 3.8) is 0 Å². The fourth-order valence-electron chi connectivity index (χ4n) is 3.40. The average Bonchev–Trinajstić information content (AvgIpc) is 3.11. The van der Waals surface area contributed by atoms with Crippen LogP contribution in [0.4, 0.5) is 0 Å². The van der Waals surface area contributed by atoms with Crippen LogP contribution in [0.5, 0.6) is 5.75 Å². The molecule has 3 aromatic carbocycles. The SMILES string of the molecule is CC(C)(C)c1ccc(COc2ccc(/C=C3/SC(=S)N(NC(=O)c4ccccc4)C3=O)cc2)cc1. The van der Waals surface area contributed by atoms with E-state index in [9.17, 15) is 9.59 Å². The summed E-state index contributed by atoms with van der Waals surface area (Å²) in [6.07, 6.45) is 1.75. The summed E-state index contributed by atoms with van der Waals surface area (Å²) in [5.41, 5.74) is 6.38. The van der Waals surface area contributed by atoms with Gasteiger partial charge in [-0.2, -0.15) is 5.01 Å². The number of carbonyl (C=O) groups is 2. The second-order valence-corrected chi connectivity index (χ2v) is 10.8. The molecule has 4 rings (SSSR count). The molecule has 35 heavy (non-hydrogen) atoms. The first-order valence-electron chi connectivity index (χ1n) is 11.2. The molecule has 0 aromatic heterocycles. The van der Waals surface area contributed by atoms with Gasteiger partial charge >= 0.3 is 0 Å². The van der Waals surface area contributed by atoms with Crippen LogP contribution in [-0.2, 0) is 16.8 Å². The summed E-state index contributed by atoms with van der Waals surface area (Å²) < 4.78 is 6.19. The first-order valence-corrected chi connectivity index (χ1v) is 12.4. The zero-order valence-corrected chi connectivity index (χ0v) is 21.4. The van der Waals surface area contributed by atoms with E-state index in [-0.39, 0.29) is 15.6 Å². The molecule has 1 fully saturated rings. The molecule has 0 spiro atoms. The van der Waals surface area contributed by atoms with E-state index in [0.29, 0.717) is 17.1 Å². The highest BCUT2D eigenvalue weighted by Gasteiger charge is 2.33. The standard InChI is InChI=1S/C28H26N2O3S2/c1-28(2,3)22-13-9-20(10-14-22)18-33-23-15-11-19(12-16-23)17-24-26(32)30(27(34)35-24)29-25(31)21-7-5-4-6-8-21/h4-17H,18H2,1-3H3,(H,29,31)/b24-17+. The Bertz CT molecular complexity index is 1260. The number of nitrogens with zero attached hydrogens (tertiary/aromatic N) is 1. The molecule has 1 aliphatic rings. The van der Waals surface area contributed by atoms with E-state index in [0.717, 1.165) is 33.6 Å². The zero-order chi connectivity index (χ0) is 25.0. The third kappa shape index (κ3) is 6.18. The van der Waals surface area contributed by atoms with Gasteiger partial charge in [-0.15, -0.1) is 0 Å². The van der Waals surface area contributed by atoms with Crippen molar-refractivity contribution in [3.05, 3.63) is 106 Å². The van der Waals surface area contributed by atoms with Gasteiger partial charge in [-0.1, -0.05) is 87.1 Å². The van der Waals surface area contributed by atoms with Crippen LogP contribution in [0, 0.1) is 0 Å². The van der Waals surface area contributed by atoms with Crippen LogP contribution < -0.4 is 10.2 Å². The highest BCUT2D eigenvalue weighted by Crippen LogP contribution is 2.32. The van der Waals surface area contributed by atoms with Crippen molar-refractivity contribution in [1.29, 1.82) is 0 Å². The lowest BCUT2D eigenvalue weighted by Gasteiger charge is -2.19. The Balaban J connectivity index is 1.36. The minimum absolute atomic E-state index is 0.122. The van der Waals surface area contributed by atoms with E-state index < -0.39 is 5.91 Å². The molecular formula is C28H26N2O3S2. The third-order valence-corrected chi connectivity index (χ3v) is 6.75. The molecule has 7 heteroatoms.